The van der Waals surface area contributed by atoms with Gasteiger partial charge in [0, 0.05) is 19.1 Å². The molecule has 1 aromatic rings. The molecule has 23 heavy (non-hydrogen) atoms. The molecule has 0 amide bonds. The smallest absolute Gasteiger partial charge is 0.392 e. The lowest BCUT2D eigenvalue weighted by atomic mass is 10.0. The second-order valence-corrected chi connectivity index (χ2v) is 6.16. The van der Waals surface area contributed by atoms with Crippen LogP contribution in [0.4, 0.5) is 13.2 Å². The van der Waals surface area contributed by atoms with Crippen molar-refractivity contribution >= 4 is 0 Å². The van der Waals surface area contributed by atoms with Gasteiger partial charge >= 0.3 is 6.18 Å². The SMILES string of the molecule is OC1CC(c2ccc(C(F)(F)F)cc2)N(CC2=CCCOC2)C1. The number of nitrogens with zero attached hydrogens (tertiary/aromatic N) is 1. The Morgan fingerprint density at radius 2 is 1.96 bits per heavy atom. The van der Waals surface area contributed by atoms with Gasteiger partial charge in [-0.25, -0.2) is 0 Å². The standard InChI is InChI=1S/C17H20F3NO2/c18-17(19,20)14-5-3-13(4-6-14)16-8-15(22)10-21(16)9-12-2-1-7-23-11-12/h2-6,15-16,22H,1,7-11H2. The lowest BCUT2D eigenvalue weighted by Crippen LogP contribution is -2.29. The quantitative estimate of drug-likeness (QED) is 0.866. The van der Waals surface area contributed by atoms with E-state index in [1.54, 1.807) is 0 Å². The molecule has 126 valence electrons. The Morgan fingerprint density at radius 1 is 1.22 bits per heavy atom. The molecule has 3 rings (SSSR count). The van der Waals surface area contributed by atoms with Crippen LogP contribution in [0.5, 0.6) is 0 Å². The summed E-state index contributed by atoms with van der Waals surface area (Å²) in [4.78, 5) is 2.12. The molecule has 2 aliphatic heterocycles. The van der Waals surface area contributed by atoms with Gasteiger partial charge in [0.25, 0.3) is 0 Å². The van der Waals surface area contributed by atoms with Gasteiger partial charge in [0.2, 0.25) is 0 Å². The Kier molecular flexibility index (Phi) is 4.75. The molecule has 0 radical (unpaired) electrons. The zero-order valence-electron chi connectivity index (χ0n) is 12.7. The molecule has 3 nitrogen and oxygen atoms in total. The maximum absolute atomic E-state index is 12.7. The van der Waals surface area contributed by atoms with Crippen molar-refractivity contribution in [1.29, 1.82) is 0 Å². The molecule has 2 aliphatic rings. The largest absolute Gasteiger partial charge is 0.416 e. The number of benzene rings is 1. The van der Waals surface area contributed by atoms with Crippen LogP contribution in [0.3, 0.4) is 0 Å². The van der Waals surface area contributed by atoms with Crippen molar-refractivity contribution in [1.82, 2.24) is 4.90 Å². The molecule has 0 bridgehead atoms. The van der Waals surface area contributed by atoms with Crippen LogP contribution in [0, 0.1) is 0 Å². The molecule has 0 aromatic heterocycles. The van der Waals surface area contributed by atoms with Gasteiger partial charge in [-0.3, -0.25) is 4.90 Å². The van der Waals surface area contributed by atoms with Crippen molar-refractivity contribution in [2.24, 2.45) is 0 Å². The third-order valence-corrected chi connectivity index (χ3v) is 4.39. The van der Waals surface area contributed by atoms with Crippen LogP contribution in [0.2, 0.25) is 0 Å². The van der Waals surface area contributed by atoms with E-state index >= 15 is 0 Å². The number of ether oxygens (including phenoxy) is 1. The van der Waals surface area contributed by atoms with Crippen LogP contribution in [-0.2, 0) is 10.9 Å². The van der Waals surface area contributed by atoms with E-state index in [1.165, 1.54) is 17.7 Å². The second-order valence-electron chi connectivity index (χ2n) is 6.16. The Balaban J connectivity index is 1.75. The molecule has 1 aromatic carbocycles. The Labute approximate surface area is 133 Å². The summed E-state index contributed by atoms with van der Waals surface area (Å²) in [6.07, 6.45) is -1.20. The number of hydrogen-bond donors (Lipinski definition) is 1. The maximum Gasteiger partial charge on any atom is 0.416 e. The summed E-state index contributed by atoms with van der Waals surface area (Å²) in [7, 11) is 0. The van der Waals surface area contributed by atoms with Gasteiger partial charge in [-0.05, 0) is 36.1 Å². The van der Waals surface area contributed by atoms with Gasteiger partial charge in [-0.15, -0.1) is 0 Å². The van der Waals surface area contributed by atoms with E-state index in [9.17, 15) is 18.3 Å². The molecule has 1 saturated heterocycles. The summed E-state index contributed by atoms with van der Waals surface area (Å²) in [5.41, 5.74) is 1.34. The third kappa shape index (κ3) is 3.94. The van der Waals surface area contributed by atoms with Crippen molar-refractivity contribution in [2.45, 2.75) is 31.2 Å². The second kappa shape index (κ2) is 6.63. The highest BCUT2D eigenvalue weighted by Gasteiger charge is 2.34. The van der Waals surface area contributed by atoms with Crippen molar-refractivity contribution in [3.05, 3.63) is 47.0 Å². The minimum Gasteiger partial charge on any atom is -0.392 e. The molecular weight excluding hydrogens is 307 g/mol. The first-order chi connectivity index (χ1) is 10.9. The van der Waals surface area contributed by atoms with Gasteiger partial charge < -0.3 is 9.84 Å². The molecule has 1 fully saturated rings. The van der Waals surface area contributed by atoms with Gasteiger partial charge in [-0.2, -0.15) is 13.2 Å². The fourth-order valence-electron chi connectivity index (χ4n) is 3.27. The predicted octanol–water partition coefficient (Wildman–Crippen LogP) is 3.16. The molecule has 0 spiro atoms. The predicted molar refractivity (Wildman–Crippen MR) is 79.9 cm³/mol. The van der Waals surface area contributed by atoms with Crippen LogP contribution in [0.15, 0.2) is 35.9 Å². The monoisotopic (exact) mass is 327 g/mol. The molecule has 1 N–H and O–H groups in total. The molecule has 0 saturated carbocycles. The highest BCUT2D eigenvalue weighted by atomic mass is 19.4. The highest BCUT2D eigenvalue weighted by Crippen LogP contribution is 2.35. The first kappa shape index (κ1) is 16.5. The van der Waals surface area contributed by atoms with Crippen LogP contribution >= 0.6 is 0 Å². The van der Waals surface area contributed by atoms with E-state index in [1.807, 2.05) is 0 Å². The number of hydrogen-bond acceptors (Lipinski definition) is 3. The van der Waals surface area contributed by atoms with E-state index < -0.39 is 17.8 Å². The number of halogens is 3. The molecule has 2 unspecified atom stereocenters. The number of aliphatic hydroxyl groups excluding tert-OH is 1. The van der Waals surface area contributed by atoms with Crippen molar-refractivity contribution in [3.8, 4) is 0 Å². The van der Waals surface area contributed by atoms with Crippen molar-refractivity contribution in [2.75, 3.05) is 26.3 Å². The average Bonchev–Trinajstić information content (AvgIpc) is 2.88. The zero-order chi connectivity index (χ0) is 16.4. The average molecular weight is 327 g/mol. The number of likely N-dealkylation sites (tertiary alicyclic amines) is 1. The minimum atomic E-state index is -4.32. The maximum atomic E-state index is 12.7. The van der Waals surface area contributed by atoms with Crippen LogP contribution in [-0.4, -0.2) is 42.4 Å². The summed E-state index contributed by atoms with van der Waals surface area (Å²) in [6.45, 7) is 2.53. The molecule has 0 aliphatic carbocycles. The van der Waals surface area contributed by atoms with E-state index in [0.717, 1.165) is 30.7 Å². The fourth-order valence-corrected chi connectivity index (χ4v) is 3.27. The van der Waals surface area contributed by atoms with Gasteiger partial charge in [0.15, 0.2) is 0 Å². The van der Waals surface area contributed by atoms with Gasteiger partial charge in [0.1, 0.15) is 0 Å². The van der Waals surface area contributed by atoms with Crippen molar-refractivity contribution < 1.29 is 23.0 Å². The molecule has 2 heterocycles. The van der Waals surface area contributed by atoms with Crippen LogP contribution in [0.1, 0.15) is 30.0 Å². The molecule has 6 heteroatoms. The third-order valence-electron chi connectivity index (χ3n) is 4.39. The van der Waals surface area contributed by atoms with Gasteiger partial charge in [-0.1, -0.05) is 18.2 Å². The summed E-state index contributed by atoms with van der Waals surface area (Å²) in [5, 5.41) is 9.97. The number of β-amino-alcohol motifs (C(OH)–C–C–N with tert-alkyl or cyclic N) is 1. The Hall–Kier alpha value is -1.37. The Morgan fingerprint density at radius 3 is 2.57 bits per heavy atom. The summed E-state index contributed by atoms with van der Waals surface area (Å²) in [5.74, 6) is 0. The first-order valence-corrected chi connectivity index (χ1v) is 7.78. The molecular formula is C17H20F3NO2. The summed E-state index contributed by atoms with van der Waals surface area (Å²) in [6, 6.07) is 5.20. The van der Waals surface area contributed by atoms with Gasteiger partial charge in [0.05, 0.1) is 24.9 Å². The van der Waals surface area contributed by atoms with E-state index in [-0.39, 0.29) is 6.04 Å². The number of aliphatic hydroxyl groups is 1. The lowest BCUT2D eigenvalue weighted by molar-refractivity contribution is -0.137. The topological polar surface area (TPSA) is 32.7 Å². The Bertz CT molecular complexity index is 568. The fraction of sp³-hybridized carbons (Fsp3) is 0.529. The van der Waals surface area contributed by atoms with Crippen LogP contribution in [0.25, 0.3) is 0 Å². The van der Waals surface area contributed by atoms with Crippen molar-refractivity contribution in [3.63, 3.8) is 0 Å². The first-order valence-electron chi connectivity index (χ1n) is 7.78. The number of alkyl halides is 3. The van der Waals surface area contributed by atoms with E-state index in [0.29, 0.717) is 26.1 Å². The normalized spacial score (nSPS) is 26.3. The molecule has 2 atom stereocenters. The lowest BCUT2D eigenvalue weighted by Gasteiger charge is -2.27. The summed E-state index contributed by atoms with van der Waals surface area (Å²) < 4.78 is 43.4. The summed E-state index contributed by atoms with van der Waals surface area (Å²) >= 11 is 0. The van der Waals surface area contributed by atoms with Crippen LogP contribution < -0.4 is 0 Å². The van der Waals surface area contributed by atoms with E-state index in [2.05, 4.69) is 11.0 Å². The highest BCUT2D eigenvalue weighted by molar-refractivity contribution is 5.28. The number of rotatable bonds is 3. The minimum absolute atomic E-state index is 0.0601. The zero-order valence-corrected chi connectivity index (χ0v) is 12.7. The van der Waals surface area contributed by atoms with E-state index in [4.69, 9.17) is 4.74 Å².